The molecule has 0 unspecified atom stereocenters. The number of alkyl halides is 3. The van der Waals surface area contributed by atoms with Gasteiger partial charge in [0.2, 0.25) is 0 Å². The zero-order chi connectivity index (χ0) is 10.1. The number of amides is 1. The monoisotopic (exact) mass is 197 g/mol. The summed E-state index contributed by atoms with van der Waals surface area (Å²) in [5.41, 5.74) is 0. The Hall–Kier alpha value is -0.780. The van der Waals surface area contributed by atoms with Crippen molar-refractivity contribution in [2.45, 2.75) is 25.1 Å². The highest BCUT2D eigenvalue weighted by Crippen LogP contribution is 2.21. The van der Waals surface area contributed by atoms with Crippen molar-refractivity contribution in [2.24, 2.45) is 0 Å². The average molecular weight is 197 g/mol. The summed E-state index contributed by atoms with van der Waals surface area (Å²) in [6, 6.07) is 0. The Kier molecular flexibility index (Phi) is 2.80. The van der Waals surface area contributed by atoms with Gasteiger partial charge >= 0.3 is 12.1 Å². The van der Waals surface area contributed by atoms with E-state index in [0.29, 0.717) is 0 Å². The predicted octanol–water partition coefficient (Wildman–Crippen LogP) is 0.532. The minimum Gasteiger partial charge on any atom is -0.393 e. The standard InChI is InChI=1S/C7H10F3NO2/c8-7(9,10)6(13)11-3-1-5(12)2-4-11/h5,12H,1-4H2. The molecule has 6 heteroatoms. The van der Waals surface area contributed by atoms with Gasteiger partial charge in [-0.1, -0.05) is 0 Å². The van der Waals surface area contributed by atoms with Gasteiger partial charge < -0.3 is 10.0 Å². The molecule has 1 amide bonds. The molecule has 0 atom stereocenters. The van der Waals surface area contributed by atoms with E-state index in [9.17, 15) is 18.0 Å². The SMILES string of the molecule is O=C(N1CCC(O)CC1)C(F)(F)F. The fourth-order valence-corrected chi connectivity index (χ4v) is 1.25. The van der Waals surface area contributed by atoms with Crippen molar-refractivity contribution >= 4 is 5.91 Å². The molecular weight excluding hydrogens is 187 g/mol. The topological polar surface area (TPSA) is 40.5 Å². The van der Waals surface area contributed by atoms with Crippen LogP contribution in [0.1, 0.15) is 12.8 Å². The Morgan fingerprint density at radius 1 is 1.31 bits per heavy atom. The van der Waals surface area contributed by atoms with Crippen LogP contribution in [0.4, 0.5) is 13.2 Å². The van der Waals surface area contributed by atoms with Gasteiger partial charge in [-0.15, -0.1) is 0 Å². The lowest BCUT2D eigenvalue weighted by Gasteiger charge is -2.29. The summed E-state index contributed by atoms with van der Waals surface area (Å²) >= 11 is 0. The molecule has 0 aromatic rings. The largest absolute Gasteiger partial charge is 0.471 e. The van der Waals surface area contributed by atoms with Crippen molar-refractivity contribution in [3.8, 4) is 0 Å². The second kappa shape index (κ2) is 3.53. The lowest BCUT2D eigenvalue weighted by Crippen LogP contribution is -2.46. The molecule has 1 aliphatic heterocycles. The quantitative estimate of drug-likeness (QED) is 0.615. The van der Waals surface area contributed by atoms with E-state index in [1.165, 1.54) is 0 Å². The van der Waals surface area contributed by atoms with Crippen LogP contribution in [-0.2, 0) is 4.79 Å². The van der Waals surface area contributed by atoms with Gasteiger partial charge in [0, 0.05) is 13.1 Å². The van der Waals surface area contributed by atoms with Gasteiger partial charge in [-0.2, -0.15) is 13.2 Å². The predicted molar refractivity (Wildman–Crippen MR) is 37.9 cm³/mol. The van der Waals surface area contributed by atoms with Crippen LogP contribution in [0.15, 0.2) is 0 Å². The van der Waals surface area contributed by atoms with E-state index in [1.807, 2.05) is 0 Å². The van der Waals surface area contributed by atoms with E-state index in [1.54, 1.807) is 0 Å². The maximum absolute atomic E-state index is 11.9. The van der Waals surface area contributed by atoms with Gasteiger partial charge in [-0.05, 0) is 12.8 Å². The third-order valence-electron chi connectivity index (χ3n) is 1.99. The number of hydrogen-bond donors (Lipinski definition) is 1. The maximum Gasteiger partial charge on any atom is 0.471 e. The molecule has 1 N–H and O–H groups in total. The first-order valence-corrected chi connectivity index (χ1v) is 3.95. The van der Waals surface area contributed by atoms with E-state index in [-0.39, 0.29) is 25.9 Å². The number of rotatable bonds is 0. The minimum absolute atomic E-state index is 0.0144. The molecule has 0 aromatic heterocycles. The Labute approximate surface area is 73.1 Å². The van der Waals surface area contributed by atoms with Gasteiger partial charge in [0.15, 0.2) is 0 Å². The van der Waals surface area contributed by atoms with Crippen molar-refractivity contribution < 1.29 is 23.1 Å². The van der Waals surface area contributed by atoms with Gasteiger partial charge in [0.05, 0.1) is 6.10 Å². The number of carbonyl (C=O) groups is 1. The molecule has 0 saturated carbocycles. The van der Waals surface area contributed by atoms with Crippen molar-refractivity contribution in [3.05, 3.63) is 0 Å². The molecule has 0 spiro atoms. The fraction of sp³-hybridized carbons (Fsp3) is 0.857. The smallest absolute Gasteiger partial charge is 0.393 e. The molecule has 76 valence electrons. The first-order valence-electron chi connectivity index (χ1n) is 3.95. The van der Waals surface area contributed by atoms with Gasteiger partial charge in [0.1, 0.15) is 0 Å². The van der Waals surface area contributed by atoms with E-state index in [4.69, 9.17) is 5.11 Å². The second-order valence-corrected chi connectivity index (χ2v) is 3.02. The third-order valence-corrected chi connectivity index (χ3v) is 1.99. The van der Waals surface area contributed by atoms with Crippen molar-refractivity contribution in [2.75, 3.05) is 13.1 Å². The molecule has 1 heterocycles. The van der Waals surface area contributed by atoms with Crippen LogP contribution in [0, 0.1) is 0 Å². The highest BCUT2D eigenvalue weighted by molar-refractivity contribution is 5.81. The van der Waals surface area contributed by atoms with Crippen LogP contribution in [0.25, 0.3) is 0 Å². The van der Waals surface area contributed by atoms with E-state index >= 15 is 0 Å². The minimum atomic E-state index is -4.79. The number of carbonyl (C=O) groups excluding carboxylic acids is 1. The normalized spacial score (nSPS) is 20.5. The second-order valence-electron chi connectivity index (χ2n) is 3.02. The zero-order valence-corrected chi connectivity index (χ0v) is 6.84. The molecule has 1 saturated heterocycles. The number of likely N-dealkylation sites (tertiary alicyclic amines) is 1. The van der Waals surface area contributed by atoms with Crippen LogP contribution in [0.2, 0.25) is 0 Å². The first kappa shape index (κ1) is 10.3. The summed E-state index contributed by atoms with van der Waals surface area (Å²) < 4.78 is 35.6. The van der Waals surface area contributed by atoms with E-state index in [2.05, 4.69) is 0 Å². The molecule has 1 aliphatic rings. The van der Waals surface area contributed by atoms with E-state index in [0.717, 1.165) is 4.90 Å². The summed E-state index contributed by atoms with van der Waals surface area (Å²) in [7, 11) is 0. The number of nitrogens with zero attached hydrogens (tertiary/aromatic N) is 1. The lowest BCUT2D eigenvalue weighted by atomic mass is 10.1. The summed E-state index contributed by atoms with van der Waals surface area (Å²) in [4.78, 5) is 11.4. The molecule has 13 heavy (non-hydrogen) atoms. The van der Waals surface area contributed by atoms with Gasteiger partial charge in [0.25, 0.3) is 0 Å². The molecule has 1 rings (SSSR count). The molecule has 3 nitrogen and oxygen atoms in total. The van der Waals surface area contributed by atoms with Crippen LogP contribution < -0.4 is 0 Å². The van der Waals surface area contributed by atoms with Crippen LogP contribution >= 0.6 is 0 Å². The average Bonchev–Trinajstić information content (AvgIpc) is 2.03. The first-order chi connectivity index (χ1) is 5.91. The van der Waals surface area contributed by atoms with Gasteiger partial charge in [-0.3, -0.25) is 4.79 Å². The summed E-state index contributed by atoms with van der Waals surface area (Å²) in [6.07, 6.45) is -4.91. The number of halogens is 3. The van der Waals surface area contributed by atoms with Crippen LogP contribution in [0.3, 0.4) is 0 Å². The Morgan fingerprint density at radius 2 is 1.77 bits per heavy atom. The Bertz CT molecular complexity index is 196. The van der Waals surface area contributed by atoms with Crippen LogP contribution in [0.5, 0.6) is 0 Å². The lowest BCUT2D eigenvalue weighted by molar-refractivity contribution is -0.187. The molecule has 0 aliphatic carbocycles. The summed E-state index contributed by atoms with van der Waals surface area (Å²) in [5, 5.41) is 8.99. The molecular formula is C7H10F3NO2. The Balaban J connectivity index is 2.50. The van der Waals surface area contributed by atoms with Crippen molar-refractivity contribution in [3.63, 3.8) is 0 Å². The maximum atomic E-state index is 11.9. The van der Waals surface area contributed by atoms with Crippen molar-refractivity contribution in [1.29, 1.82) is 0 Å². The van der Waals surface area contributed by atoms with Gasteiger partial charge in [-0.25, -0.2) is 0 Å². The van der Waals surface area contributed by atoms with Crippen molar-refractivity contribution in [1.82, 2.24) is 4.90 Å². The third kappa shape index (κ3) is 2.58. The highest BCUT2D eigenvalue weighted by Gasteiger charge is 2.43. The molecule has 0 bridgehead atoms. The Morgan fingerprint density at radius 3 is 2.15 bits per heavy atom. The van der Waals surface area contributed by atoms with E-state index < -0.39 is 18.2 Å². The number of aliphatic hydroxyl groups is 1. The summed E-state index contributed by atoms with van der Waals surface area (Å²) in [5.74, 6) is -1.81. The molecule has 0 radical (unpaired) electrons. The number of aliphatic hydroxyl groups excluding tert-OH is 1. The number of piperidine rings is 1. The van der Waals surface area contributed by atoms with Crippen LogP contribution in [-0.4, -0.2) is 41.3 Å². The molecule has 0 aromatic carbocycles. The highest BCUT2D eigenvalue weighted by atomic mass is 19.4. The zero-order valence-electron chi connectivity index (χ0n) is 6.84. The summed E-state index contributed by atoms with van der Waals surface area (Å²) in [6.45, 7) is -0.0288. The fourth-order valence-electron chi connectivity index (χ4n) is 1.25. The number of hydrogen-bond acceptors (Lipinski definition) is 2. The molecule has 1 fully saturated rings.